The fourth-order valence-corrected chi connectivity index (χ4v) is 3.39. The van der Waals surface area contributed by atoms with Gasteiger partial charge in [-0.3, -0.25) is 9.20 Å². The molecular weight excluding hydrogens is 346 g/mol. The van der Waals surface area contributed by atoms with Crippen molar-refractivity contribution in [3.05, 3.63) is 59.1 Å². The lowest BCUT2D eigenvalue weighted by atomic mass is 10.2. The van der Waals surface area contributed by atoms with E-state index in [-0.39, 0.29) is 18.1 Å². The van der Waals surface area contributed by atoms with Gasteiger partial charge in [0.25, 0.3) is 0 Å². The molecule has 1 aliphatic heterocycles. The molecule has 3 aromatic rings. The lowest BCUT2D eigenvalue weighted by Gasteiger charge is -2.36. The van der Waals surface area contributed by atoms with Crippen molar-refractivity contribution >= 4 is 17.2 Å². The highest BCUT2D eigenvalue weighted by molar-refractivity contribution is 5.76. The third-order valence-electron chi connectivity index (χ3n) is 4.83. The van der Waals surface area contributed by atoms with Gasteiger partial charge in [-0.05, 0) is 24.3 Å². The molecule has 1 aliphatic rings. The number of carbonyl (C=O) groups is 1. The molecule has 1 aromatic carbocycles. The van der Waals surface area contributed by atoms with Gasteiger partial charge in [0.1, 0.15) is 12.3 Å². The van der Waals surface area contributed by atoms with E-state index >= 15 is 0 Å². The minimum absolute atomic E-state index is 0.0465. The standard InChI is InChI=1S/C19H21N5O3/c1-27-16-7-3-2-6-15(16)21-10-12-22(13-11-21)18(25)14-24-19(26)23-9-5-4-8-17(23)20-24/h2-9H,10-14H2,1H3. The van der Waals surface area contributed by atoms with Crippen LogP contribution in [0.4, 0.5) is 5.69 Å². The Balaban J connectivity index is 1.42. The summed E-state index contributed by atoms with van der Waals surface area (Å²) in [6.07, 6.45) is 1.65. The maximum atomic E-state index is 12.6. The van der Waals surface area contributed by atoms with Gasteiger partial charge in [0, 0.05) is 32.4 Å². The fourth-order valence-electron chi connectivity index (χ4n) is 3.39. The molecule has 0 spiro atoms. The largest absolute Gasteiger partial charge is 0.495 e. The molecule has 8 nitrogen and oxygen atoms in total. The molecule has 0 bridgehead atoms. The first-order chi connectivity index (χ1) is 13.2. The number of ether oxygens (including phenoxy) is 1. The van der Waals surface area contributed by atoms with Crippen LogP contribution in [0.2, 0.25) is 0 Å². The molecule has 0 atom stereocenters. The highest BCUT2D eigenvalue weighted by Crippen LogP contribution is 2.28. The number of carbonyl (C=O) groups excluding carboxylic acids is 1. The fraction of sp³-hybridized carbons (Fsp3) is 0.316. The van der Waals surface area contributed by atoms with Gasteiger partial charge in [0.05, 0.1) is 12.8 Å². The molecule has 0 unspecified atom stereocenters. The van der Waals surface area contributed by atoms with Crippen molar-refractivity contribution < 1.29 is 9.53 Å². The number of methoxy groups -OCH3 is 1. The first-order valence-electron chi connectivity index (χ1n) is 8.87. The van der Waals surface area contributed by atoms with Gasteiger partial charge in [-0.15, -0.1) is 5.10 Å². The summed E-state index contributed by atoms with van der Waals surface area (Å²) in [6.45, 7) is 2.57. The molecule has 8 heteroatoms. The summed E-state index contributed by atoms with van der Waals surface area (Å²) in [7, 11) is 1.66. The zero-order chi connectivity index (χ0) is 18.8. The number of benzene rings is 1. The van der Waals surface area contributed by atoms with Gasteiger partial charge in [-0.1, -0.05) is 18.2 Å². The monoisotopic (exact) mass is 367 g/mol. The number of rotatable bonds is 4. The van der Waals surface area contributed by atoms with E-state index in [1.807, 2.05) is 30.3 Å². The van der Waals surface area contributed by atoms with Gasteiger partial charge in [-0.2, -0.15) is 0 Å². The number of hydrogen-bond acceptors (Lipinski definition) is 5. The van der Waals surface area contributed by atoms with E-state index in [1.54, 1.807) is 30.3 Å². The van der Waals surface area contributed by atoms with Crippen LogP contribution in [0.15, 0.2) is 53.5 Å². The Morgan fingerprint density at radius 2 is 1.81 bits per heavy atom. The zero-order valence-corrected chi connectivity index (χ0v) is 15.1. The van der Waals surface area contributed by atoms with E-state index in [0.29, 0.717) is 31.8 Å². The van der Waals surface area contributed by atoms with Gasteiger partial charge in [-0.25, -0.2) is 9.48 Å². The molecule has 140 valence electrons. The normalized spacial score (nSPS) is 14.6. The maximum Gasteiger partial charge on any atom is 0.350 e. The van der Waals surface area contributed by atoms with E-state index in [1.165, 1.54) is 9.08 Å². The molecule has 0 aliphatic carbocycles. The van der Waals surface area contributed by atoms with Gasteiger partial charge >= 0.3 is 5.69 Å². The van der Waals surface area contributed by atoms with Crippen molar-refractivity contribution in [3.8, 4) is 5.75 Å². The average molecular weight is 367 g/mol. The van der Waals surface area contributed by atoms with Gasteiger partial charge in [0.2, 0.25) is 5.91 Å². The highest BCUT2D eigenvalue weighted by atomic mass is 16.5. The maximum absolute atomic E-state index is 12.6. The summed E-state index contributed by atoms with van der Waals surface area (Å²) in [5.74, 6) is 0.730. The molecule has 4 rings (SSSR count). The number of piperazine rings is 1. The molecular formula is C19H21N5O3. The quantitative estimate of drug-likeness (QED) is 0.684. The summed E-state index contributed by atoms with van der Waals surface area (Å²) in [5.41, 5.74) is 1.27. The van der Waals surface area contributed by atoms with Crippen LogP contribution < -0.4 is 15.3 Å². The highest BCUT2D eigenvalue weighted by Gasteiger charge is 2.23. The summed E-state index contributed by atoms with van der Waals surface area (Å²) in [5, 5.41) is 4.22. The minimum Gasteiger partial charge on any atom is -0.495 e. The molecule has 3 heterocycles. The van der Waals surface area contributed by atoms with Crippen LogP contribution in [0.25, 0.3) is 5.65 Å². The minimum atomic E-state index is -0.299. The molecule has 1 saturated heterocycles. The Morgan fingerprint density at radius 3 is 2.56 bits per heavy atom. The molecule has 0 radical (unpaired) electrons. The number of hydrogen-bond donors (Lipinski definition) is 0. The van der Waals surface area contributed by atoms with Crippen LogP contribution in [-0.2, 0) is 11.3 Å². The lowest BCUT2D eigenvalue weighted by molar-refractivity contribution is -0.132. The van der Waals surface area contributed by atoms with Crippen molar-refractivity contribution in [3.63, 3.8) is 0 Å². The van der Waals surface area contributed by atoms with Crippen molar-refractivity contribution in [2.45, 2.75) is 6.54 Å². The number of anilines is 1. The van der Waals surface area contributed by atoms with E-state index < -0.39 is 0 Å². The number of nitrogens with zero attached hydrogens (tertiary/aromatic N) is 5. The summed E-state index contributed by atoms with van der Waals surface area (Å²) >= 11 is 0. The predicted octanol–water partition coefficient (Wildman–Crippen LogP) is 0.853. The second-order valence-electron chi connectivity index (χ2n) is 6.41. The molecule has 27 heavy (non-hydrogen) atoms. The molecule has 1 fully saturated rings. The first kappa shape index (κ1) is 17.1. The van der Waals surface area contributed by atoms with Crippen molar-refractivity contribution in [2.24, 2.45) is 0 Å². The van der Waals surface area contributed by atoms with Gasteiger partial charge in [0.15, 0.2) is 5.65 Å². The zero-order valence-electron chi connectivity index (χ0n) is 15.1. The predicted molar refractivity (Wildman–Crippen MR) is 101 cm³/mol. The smallest absolute Gasteiger partial charge is 0.350 e. The number of pyridine rings is 1. The van der Waals surface area contributed by atoms with E-state index in [2.05, 4.69) is 10.00 Å². The van der Waals surface area contributed by atoms with Gasteiger partial charge < -0.3 is 14.5 Å². The average Bonchev–Trinajstić information content (AvgIpc) is 3.03. The second kappa shape index (κ2) is 7.14. The second-order valence-corrected chi connectivity index (χ2v) is 6.41. The van der Waals surface area contributed by atoms with Crippen LogP contribution in [-0.4, -0.2) is 58.3 Å². The van der Waals surface area contributed by atoms with Crippen molar-refractivity contribution in [1.29, 1.82) is 0 Å². The number of fused-ring (bicyclic) bond motifs is 1. The lowest BCUT2D eigenvalue weighted by Crippen LogP contribution is -2.50. The molecule has 2 aromatic heterocycles. The van der Waals surface area contributed by atoms with Crippen molar-refractivity contribution in [1.82, 2.24) is 19.1 Å². The summed E-state index contributed by atoms with van der Waals surface area (Å²) < 4.78 is 8.09. The number of para-hydroxylation sites is 2. The third-order valence-corrected chi connectivity index (χ3v) is 4.83. The summed E-state index contributed by atoms with van der Waals surface area (Å²) in [4.78, 5) is 28.9. The Morgan fingerprint density at radius 1 is 1.07 bits per heavy atom. The Kier molecular flexibility index (Phi) is 4.53. The Labute approximate surface area is 156 Å². The van der Waals surface area contributed by atoms with E-state index in [0.717, 1.165) is 11.4 Å². The topological polar surface area (TPSA) is 72.1 Å². The molecule has 0 saturated carbocycles. The first-order valence-corrected chi connectivity index (χ1v) is 8.87. The Bertz CT molecular complexity index is 1020. The molecule has 0 N–H and O–H groups in total. The van der Waals surface area contributed by atoms with Crippen LogP contribution in [0.1, 0.15) is 0 Å². The Hall–Kier alpha value is -3.29. The van der Waals surface area contributed by atoms with Crippen LogP contribution in [0.3, 0.4) is 0 Å². The van der Waals surface area contributed by atoms with Crippen LogP contribution in [0.5, 0.6) is 5.75 Å². The summed E-state index contributed by atoms with van der Waals surface area (Å²) in [6, 6.07) is 13.2. The van der Waals surface area contributed by atoms with Crippen LogP contribution in [0, 0.1) is 0 Å². The van der Waals surface area contributed by atoms with Crippen LogP contribution >= 0.6 is 0 Å². The SMILES string of the molecule is COc1ccccc1N1CCN(C(=O)Cn2nc3ccccn3c2=O)CC1. The van der Waals surface area contributed by atoms with E-state index in [4.69, 9.17) is 4.74 Å². The number of aromatic nitrogens is 3. The number of amides is 1. The third kappa shape index (κ3) is 3.25. The molecule has 1 amide bonds. The van der Waals surface area contributed by atoms with Crippen molar-refractivity contribution in [2.75, 3.05) is 38.2 Å². The van der Waals surface area contributed by atoms with E-state index in [9.17, 15) is 9.59 Å².